The van der Waals surface area contributed by atoms with Crippen molar-refractivity contribution in [3.05, 3.63) is 29.5 Å². The Balaban J connectivity index is 1.68. The van der Waals surface area contributed by atoms with Crippen LogP contribution in [0.25, 0.3) is 6.08 Å². The molecule has 7 nitrogen and oxygen atoms in total. The lowest BCUT2D eigenvalue weighted by atomic mass is 9.95. The second-order valence-electron chi connectivity index (χ2n) is 7.28. The number of methoxy groups -OCH3 is 2. The molecule has 2 amide bonds. The van der Waals surface area contributed by atoms with Gasteiger partial charge in [-0.1, -0.05) is 37.1 Å². The van der Waals surface area contributed by atoms with Gasteiger partial charge >= 0.3 is 0 Å². The zero-order valence-corrected chi connectivity index (χ0v) is 18.6. The summed E-state index contributed by atoms with van der Waals surface area (Å²) in [7, 11) is 3.15. The molecule has 3 rings (SSSR count). The topological polar surface area (TPSA) is 80.2 Å². The first kappa shape index (κ1) is 22.2. The molecule has 0 aromatic heterocycles. The number of carbonyl (C=O) groups excluding carboxylic acids is 2. The largest absolute Gasteiger partial charge is 0.493 e. The number of benzene rings is 1. The summed E-state index contributed by atoms with van der Waals surface area (Å²) >= 11 is 1.30. The summed E-state index contributed by atoms with van der Waals surface area (Å²) in [5.41, 5.74) is 1.14. The molecule has 1 aliphatic carbocycles. The van der Waals surface area contributed by atoms with Crippen LogP contribution in [0.1, 0.15) is 44.6 Å². The van der Waals surface area contributed by atoms with Gasteiger partial charge in [-0.25, -0.2) is 4.99 Å². The summed E-state index contributed by atoms with van der Waals surface area (Å²) in [5, 5.41) is 3.67. The lowest BCUT2D eigenvalue weighted by Gasteiger charge is -2.22. The number of carbonyl (C=O) groups is 2. The van der Waals surface area contributed by atoms with Crippen molar-refractivity contribution in [3.8, 4) is 11.5 Å². The number of nitrogens with zero attached hydrogens (tertiary/aromatic N) is 2. The molecule has 0 bridgehead atoms. The minimum absolute atomic E-state index is 0.00424. The van der Waals surface area contributed by atoms with Gasteiger partial charge in [-0.05, 0) is 43.5 Å². The molecule has 1 N–H and O–H groups in total. The Morgan fingerprint density at radius 1 is 1.23 bits per heavy atom. The third-order valence-corrected chi connectivity index (χ3v) is 6.22. The molecule has 0 spiro atoms. The third-order valence-electron chi connectivity index (χ3n) is 5.24. The first-order valence-electron chi connectivity index (χ1n) is 10.3. The second-order valence-corrected chi connectivity index (χ2v) is 8.22. The molecule has 1 heterocycles. The fourth-order valence-electron chi connectivity index (χ4n) is 3.67. The van der Waals surface area contributed by atoms with Crippen molar-refractivity contribution in [2.45, 2.75) is 45.1 Å². The Morgan fingerprint density at radius 3 is 2.63 bits per heavy atom. The Labute approximate surface area is 181 Å². The predicted octanol–water partition coefficient (Wildman–Crippen LogP) is 3.44. The molecule has 1 aromatic rings. The van der Waals surface area contributed by atoms with E-state index in [1.807, 2.05) is 13.0 Å². The van der Waals surface area contributed by atoms with Crippen molar-refractivity contribution in [1.29, 1.82) is 0 Å². The quantitative estimate of drug-likeness (QED) is 0.669. The van der Waals surface area contributed by atoms with Crippen LogP contribution in [0.3, 0.4) is 0 Å². The number of ether oxygens (including phenoxy) is 2. The molecular formula is C22H29N3O4S. The zero-order chi connectivity index (χ0) is 21.5. The van der Waals surface area contributed by atoms with Crippen LogP contribution in [-0.4, -0.2) is 54.4 Å². The first-order valence-corrected chi connectivity index (χ1v) is 11.3. The van der Waals surface area contributed by atoms with Crippen LogP contribution in [0.2, 0.25) is 0 Å². The molecule has 2 aliphatic rings. The number of rotatable bonds is 7. The van der Waals surface area contributed by atoms with E-state index in [0.717, 1.165) is 18.4 Å². The van der Waals surface area contributed by atoms with Gasteiger partial charge in [0.15, 0.2) is 16.7 Å². The molecule has 1 aromatic carbocycles. The van der Waals surface area contributed by atoms with E-state index in [4.69, 9.17) is 9.47 Å². The van der Waals surface area contributed by atoms with Gasteiger partial charge in [0.25, 0.3) is 5.91 Å². The Bertz CT molecular complexity index is 847. The summed E-state index contributed by atoms with van der Waals surface area (Å²) < 4.78 is 10.6. The van der Waals surface area contributed by atoms with Crippen molar-refractivity contribution in [1.82, 2.24) is 10.2 Å². The van der Waals surface area contributed by atoms with Crippen molar-refractivity contribution in [2.75, 3.05) is 26.5 Å². The van der Waals surface area contributed by atoms with Crippen molar-refractivity contribution < 1.29 is 19.1 Å². The van der Waals surface area contributed by atoms with Crippen LogP contribution in [0.5, 0.6) is 11.5 Å². The molecule has 8 heteroatoms. The Hall–Kier alpha value is -2.48. The lowest BCUT2D eigenvalue weighted by Crippen LogP contribution is -2.38. The minimum Gasteiger partial charge on any atom is -0.493 e. The van der Waals surface area contributed by atoms with Crippen LogP contribution in [0, 0.1) is 0 Å². The van der Waals surface area contributed by atoms with Gasteiger partial charge < -0.3 is 14.8 Å². The summed E-state index contributed by atoms with van der Waals surface area (Å²) in [6.07, 6.45) is 7.42. The number of thioether (sulfide) groups is 1. The van der Waals surface area contributed by atoms with E-state index in [9.17, 15) is 9.59 Å². The highest BCUT2D eigenvalue weighted by Crippen LogP contribution is 2.30. The van der Waals surface area contributed by atoms with Gasteiger partial charge in [0.1, 0.15) is 5.70 Å². The summed E-state index contributed by atoms with van der Waals surface area (Å²) in [6.45, 7) is 2.40. The molecule has 0 unspecified atom stereocenters. The average molecular weight is 432 g/mol. The molecule has 30 heavy (non-hydrogen) atoms. The van der Waals surface area contributed by atoms with Crippen LogP contribution in [0.15, 0.2) is 28.9 Å². The van der Waals surface area contributed by atoms with Crippen LogP contribution >= 0.6 is 11.8 Å². The fraction of sp³-hybridized carbons (Fsp3) is 0.500. The highest BCUT2D eigenvalue weighted by Gasteiger charge is 2.30. The van der Waals surface area contributed by atoms with Crippen molar-refractivity contribution >= 4 is 34.8 Å². The Morgan fingerprint density at radius 2 is 1.97 bits per heavy atom. The van der Waals surface area contributed by atoms with Gasteiger partial charge in [0.05, 0.1) is 20.0 Å². The first-order chi connectivity index (χ1) is 14.5. The molecule has 1 saturated carbocycles. The maximum Gasteiger partial charge on any atom is 0.278 e. The normalized spacial score (nSPS) is 18.5. The van der Waals surface area contributed by atoms with E-state index in [2.05, 4.69) is 10.3 Å². The SMILES string of the molecule is CCN1C(=O)/C(=C\c2ccc(OC)c(OC)c2)N=C1SCC(=O)NC1CCCCC1. The van der Waals surface area contributed by atoms with Gasteiger partial charge in [-0.3, -0.25) is 14.5 Å². The van der Waals surface area contributed by atoms with E-state index >= 15 is 0 Å². The molecule has 1 fully saturated rings. The van der Waals surface area contributed by atoms with Gasteiger partial charge in [0, 0.05) is 12.6 Å². The van der Waals surface area contributed by atoms with E-state index in [-0.39, 0.29) is 23.6 Å². The molecular weight excluding hydrogens is 402 g/mol. The second kappa shape index (κ2) is 10.5. The summed E-state index contributed by atoms with van der Waals surface area (Å²) in [5.74, 6) is 1.29. The van der Waals surface area contributed by atoms with Crippen LogP contribution in [0.4, 0.5) is 0 Å². The fourth-order valence-corrected chi connectivity index (χ4v) is 4.54. The minimum atomic E-state index is -0.164. The monoisotopic (exact) mass is 431 g/mol. The van der Waals surface area contributed by atoms with E-state index < -0.39 is 0 Å². The maximum absolute atomic E-state index is 12.8. The van der Waals surface area contributed by atoms with Gasteiger partial charge in [-0.2, -0.15) is 0 Å². The maximum atomic E-state index is 12.8. The number of nitrogens with one attached hydrogen (secondary N) is 1. The molecule has 0 radical (unpaired) electrons. The highest BCUT2D eigenvalue weighted by molar-refractivity contribution is 8.14. The summed E-state index contributed by atoms with van der Waals surface area (Å²) in [4.78, 5) is 31.2. The smallest absolute Gasteiger partial charge is 0.278 e. The molecule has 0 saturated heterocycles. The van der Waals surface area contributed by atoms with Gasteiger partial charge in [-0.15, -0.1) is 0 Å². The van der Waals surface area contributed by atoms with Crippen molar-refractivity contribution in [3.63, 3.8) is 0 Å². The number of hydrogen-bond donors (Lipinski definition) is 1. The van der Waals surface area contributed by atoms with Crippen molar-refractivity contribution in [2.24, 2.45) is 4.99 Å². The number of amidine groups is 1. The van der Waals surface area contributed by atoms with Gasteiger partial charge in [0.2, 0.25) is 5.91 Å². The van der Waals surface area contributed by atoms with Crippen LogP contribution < -0.4 is 14.8 Å². The summed E-state index contributed by atoms with van der Waals surface area (Å²) in [6, 6.07) is 5.71. The molecule has 162 valence electrons. The molecule has 1 aliphatic heterocycles. The van der Waals surface area contributed by atoms with E-state index in [1.165, 1.54) is 31.0 Å². The van der Waals surface area contributed by atoms with E-state index in [0.29, 0.717) is 28.9 Å². The molecule has 0 atom stereocenters. The van der Waals surface area contributed by atoms with E-state index in [1.54, 1.807) is 37.3 Å². The van der Waals surface area contributed by atoms with Crippen LogP contribution in [-0.2, 0) is 9.59 Å². The number of aliphatic imine (C=N–C) groups is 1. The average Bonchev–Trinajstić information content (AvgIpc) is 3.07. The predicted molar refractivity (Wildman–Crippen MR) is 120 cm³/mol. The zero-order valence-electron chi connectivity index (χ0n) is 17.8. The lowest BCUT2D eigenvalue weighted by molar-refractivity contribution is -0.122. The third kappa shape index (κ3) is 5.36. The standard InChI is InChI=1S/C22H29N3O4S/c1-4-25-21(27)17(12-15-10-11-18(28-2)19(13-15)29-3)24-22(25)30-14-20(26)23-16-8-6-5-7-9-16/h10-13,16H,4-9,14H2,1-3H3,(H,23,26)/b17-12+. The Kier molecular flexibility index (Phi) is 7.79. The number of amides is 2. The number of hydrogen-bond acceptors (Lipinski definition) is 6. The highest BCUT2D eigenvalue weighted by atomic mass is 32.2. The number of likely N-dealkylation sites (N-methyl/N-ethyl adjacent to an activating group) is 1.